The third kappa shape index (κ3) is 6.30. The molecule has 0 bridgehead atoms. The summed E-state index contributed by atoms with van der Waals surface area (Å²) < 4.78 is 23.6. The lowest BCUT2D eigenvalue weighted by molar-refractivity contribution is 0.0945. The van der Waals surface area contributed by atoms with Gasteiger partial charge in [0.1, 0.15) is 11.6 Å². The van der Waals surface area contributed by atoms with Gasteiger partial charge in [0.15, 0.2) is 0 Å². The predicted octanol–water partition coefficient (Wildman–Crippen LogP) is 5.20. The summed E-state index contributed by atoms with van der Waals surface area (Å²) in [5, 5.41) is 5.39. The molecule has 3 aromatic rings. The van der Waals surface area contributed by atoms with Crippen LogP contribution in [0.4, 0.5) is 14.9 Å². The second-order valence-corrected chi connectivity index (χ2v) is 7.11. The average Bonchev–Trinajstić information content (AvgIpc) is 2.79. The molecule has 170 valence electrons. The first kappa shape index (κ1) is 23.7. The van der Waals surface area contributed by atoms with Gasteiger partial charge in [0.05, 0.1) is 17.2 Å². The average molecular weight is 471 g/mol. The van der Waals surface area contributed by atoms with Gasteiger partial charge >= 0.3 is 6.16 Å². The Balaban J connectivity index is 1.66. The Morgan fingerprint density at radius 1 is 0.939 bits per heavy atom. The van der Waals surface area contributed by atoms with Crippen molar-refractivity contribution >= 4 is 35.3 Å². The van der Waals surface area contributed by atoms with Crippen molar-refractivity contribution in [3.63, 3.8) is 0 Å². The van der Waals surface area contributed by atoms with Gasteiger partial charge in [-0.2, -0.15) is 0 Å². The summed E-state index contributed by atoms with van der Waals surface area (Å²) in [6, 6.07) is 16.8. The number of hydrogen-bond acceptors (Lipinski definition) is 5. The number of hydrogen-bond donors (Lipinski definition) is 2. The Morgan fingerprint density at radius 2 is 1.67 bits per heavy atom. The number of anilines is 1. The van der Waals surface area contributed by atoms with E-state index in [1.54, 1.807) is 31.2 Å². The van der Waals surface area contributed by atoms with Crippen molar-refractivity contribution in [2.45, 2.75) is 13.5 Å². The van der Waals surface area contributed by atoms with Crippen molar-refractivity contribution < 1.29 is 28.2 Å². The van der Waals surface area contributed by atoms with Gasteiger partial charge in [0, 0.05) is 17.8 Å². The minimum Gasteiger partial charge on any atom is -0.434 e. The summed E-state index contributed by atoms with van der Waals surface area (Å²) in [5.41, 5.74) is 1.15. The number of benzene rings is 3. The SMILES string of the molecule is CCOC(=O)Oc1ccc(C(=O)Nc2ccccc2CNC(=O)c2c(F)cccc2Cl)cc1. The number of ether oxygens (including phenoxy) is 2. The van der Waals surface area contributed by atoms with E-state index in [-0.39, 0.29) is 29.5 Å². The molecule has 2 amide bonds. The van der Waals surface area contributed by atoms with E-state index in [1.165, 1.54) is 36.4 Å². The molecule has 0 aliphatic heterocycles. The topological polar surface area (TPSA) is 93.7 Å². The van der Waals surface area contributed by atoms with Gasteiger partial charge in [-0.15, -0.1) is 0 Å². The van der Waals surface area contributed by atoms with E-state index in [4.69, 9.17) is 21.1 Å². The molecule has 3 rings (SSSR count). The fraction of sp³-hybridized carbons (Fsp3) is 0.125. The van der Waals surface area contributed by atoms with E-state index < -0.39 is 23.8 Å². The van der Waals surface area contributed by atoms with E-state index in [0.717, 1.165) is 6.07 Å². The molecule has 0 aliphatic carbocycles. The summed E-state index contributed by atoms with van der Waals surface area (Å²) in [5.74, 6) is -1.57. The summed E-state index contributed by atoms with van der Waals surface area (Å²) >= 11 is 5.94. The second kappa shape index (κ2) is 11.1. The third-order valence-electron chi connectivity index (χ3n) is 4.47. The molecule has 0 aromatic heterocycles. The highest BCUT2D eigenvalue weighted by Gasteiger charge is 2.16. The first-order valence-corrected chi connectivity index (χ1v) is 10.3. The minimum absolute atomic E-state index is 0.00414. The molecule has 0 radical (unpaired) electrons. The lowest BCUT2D eigenvalue weighted by atomic mass is 10.1. The Hall–Kier alpha value is -3.91. The van der Waals surface area contributed by atoms with Crippen molar-refractivity contribution in [3.8, 4) is 5.75 Å². The maximum atomic E-state index is 14.0. The van der Waals surface area contributed by atoms with Crippen LogP contribution in [0.2, 0.25) is 5.02 Å². The molecule has 9 heteroatoms. The van der Waals surface area contributed by atoms with Crippen LogP contribution in [0.3, 0.4) is 0 Å². The molecule has 0 spiro atoms. The fourth-order valence-corrected chi connectivity index (χ4v) is 3.14. The first-order valence-electron chi connectivity index (χ1n) is 9.95. The molecule has 33 heavy (non-hydrogen) atoms. The zero-order valence-electron chi connectivity index (χ0n) is 17.6. The zero-order valence-corrected chi connectivity index (χ0v) is 18.3. The molecular formula is C24H20ClFN2O5. The second-order valence-electron chi connectivity index (χ2n) is 6.70. The maximum Gasteiger partial charge on any atom is 0.513 e. The van der Waals surface area contributed by atoms with Crippen LogP contribution in [0, 0.1) is 5.82 Å². The number of carbonyl (C=O) groups excluding carboxylic acids is 3. The van der Waals surface area contributed by atoms with Crippen LogP contribution >= 0.6 is 11.6 Å². The highest BCUT2D eigenvalue weighted by Crippen LogP contribution is 2.21. The zero-order chi connectivity index (χ0) is 23.8. The molecule has 0 atom stereocenters. The van der Waals surface area contributed by atoms with Gasteiger partial charge in [-0.25, -0.2) is 9.18 Å². The van der Waals surface area contributed by atoms with Gasteiger partial charge in [0.2, 0.25) is 0 Å². The van der Waals surface area contributed by atoms with Crippen molar-refractivity contribution in [1.82, 2.24) is 5.32 Å². The minimum atomic E-state index is -0.831. The van der Waals surface area contributed by atoms with Gasteiger partial charge in [0.25, 0.3) is 11.8 Å². The Bertz CT molecular complexity index is 1150. The van der Waals surface area contributed by atoms with Crippen molar-refractivity contribution in [1.29, 1.82) is 0 Å². The van der Waals surface area contributed by atoms with E-state index in [9.17, 15) is 18.8 Å². The number of halogens is 2. The number of rotatable bonds is 7. The van der Waals surface area contributed by atoms with Crippen LogP contribution in [-0.4, -0.2) is 24.6 Å². The van der Waals surface area contributed by atoms with Crippen LogP contribution in [0.25, 0.3) is 0 Å². The normalized spacial score (nSPS) is 10.3. The fourth-order valence-electron chi connectivity index (χ4n) is 2.89. The van der Waals surface area contributed by atoms with Gasteiger partial charge in [-0.05, 0) is 55.0 Å². The van der Waals surface area contributed by atoms with Crippen molar-refractivity contribution in [3.05, 3.63) is 94.3 Å². The standard InChI is InChI=1S/C24H20ClFN2O5/c1-2-32-24(31)33-17-12-10-15(11-13-17)22(29)28-20-9-4-3-6-16(20)14-27-23(30)21-18(25)7-5-8-19(21)26/h3-13H,2,14H2,1H3,(H,27,30)(H,28,29). The molecule has 0 fully saturated rings. The van der Waals surface area contributed by atoms with E-state index in [1.807, 2.05) is 0 Å². The Morgan fingerprint density at radius 3 is 2.36 bits per heavy atom. The molecule has 0 aliphatic rings. The van der Waals surface area contributed by atoms with Crippen LogP contribution in [0.1, 0.15) is 33.2 Å². The monoisotopic (exact) mass is 470 g/mol. The Labute approximate surface area is 194 Å². The summed E-state index contributed by atoms with van der Waals surface area (Å²) in [4.78, 5) is 36.4. The summed E-state index contributed by atoms with van der Waals surface area (Å²) in [6.45, 7) is 1.88. The highest BCUT2D eigenvalue weighted by molar-refractivity contribution is 6.33. The number of nitrogens with one attached hydrogen (secondary N) is 2. The molecule has 0 unspecified atom stereocenters. The summed E-state index contributed by atoms with van der Waals surface area (Å²) in [7, 11) is 0. The summed E-state index contributed by atoms with van der Waals surface area (Å²) in [6.07, 6.45) is -0.831. The molecule has 0 saturated heterocycles. The largest absolute Gasteiger partial charge is 0.513 e. The van der Waals surface area contributed by atoms with E-state index in [2.05, 4.69) is 10.6 Å². The van der Waals surface area contributed by atoms with Crippen LogP contribution in [0.5, 0.6) is 5.75 Å². The quantitative estimate of drug-likeness (QED) is 0.366. The molecule has 3 aromatic carbocycles. The molecule has 0 heterocycles. The van der Waals surface area contributed by atoms with Crippen LogP contribution in [-0.2, 0) is 11.3 Å². The van der Waals surface area contributed by atoms with Gasteiger partial charge in [-0.3, -0.25) is 9.59 Å². The molecular weight excluding hydrogens is 451 g/mol. The lowest BCUT2D eigenvalue weighted by Crippen LogP contribution is -2.25. The van der Waals surface area contributed by atoms with Crippen LogP contribution in [0.15, 0.2) is 66.7 Å². The predicted molar refractivity (Wildman–Crippen MR) is 121 cm³/mol. The van der Waals surface area contributed by atoms with Crippen LogP contribution < -0.4 is 15.4 Å². The third-order valence-corrected chi connectivity index (χ3v) is 4.79. The number of para-hydroxylation sites is 1. The van der Waals surface area contributed by atoms with Gasteiger partial charge < -0.3 is 20.1 Å². The number of carbonyl (C=O) groups is 3. The van der Waals surface area contributed by atoms with E-state index >= 15 is 0 Å². The molecule has 2 N–H and O–H groups in total. The van der Waals surface area contributed by atoms with Gasteiger partial charge in [-0.1, -0.05) is 35.9 Å². The maximum absolute atomic E-state index is 14.0. The Kier molecular flexibility index (Phi) is 7.99. The molecule has 0 saturated carbocycles. The molecule has 7 nitrogen and oxygen atoms in total. The van der Waals surface area contributed by atoms with E-state index in [0.29, 0.717) is 16.8 Å². The lowest BCUT2D eigenvalue weighted by Gasteiger charge is -2.13. The van der Waals surface area contributed by atoms with Crippen molar-refractivity contribution in [2.75, 3.05) is 11.9 Å². The number of amides is 2. The first-order chi connectivity index (χ1) is 15.9. The highest BCUT2D eigenvalue weighted by atomic mass is 35.5. The van der Waals surface area contributed by atoms with Crippen molar-refractivity contribution in [2.24, 2.45) is 0 Å². The smallest absolute Gasteiger partial charge is 0.434 e.